The van der Waals surface area contributed by atoms with Gasteiger partial charge >= 0.3 is 42.7 Å². The molecule has 32 nitrogen and oxygen atoms in total. The number of rotatable bonds is 25. The topological polar surface area (TPSA) is 498 Å². The molecule has 0 spiro atoms. The minimum absolute atomic E-state index is 0.141. The number of hydrogen-bond acceptors (Lipinski definition) is 32. The summed E-state index contributed by atoms with van der Waals surface area (Å²) in [6.07, 6.45) is 10.5. The SMILES string of the molecule is CC(C)c1nnc(-c2ccccc2B(O)O)o1.CCCCCc1nnc(-c2ccccc2B(O)O)o1.CCCc1nnc(-c2cc(Oc3cccnc3)ccc2B(O)O)o1.CCCc1nnc(-c2ccccc2B(O)O)o1.OB(O)c1cccc(-c2nnc(-c3ccccc3)o2)c1.OB(O)c1ccccc1-c1nnc(-c2ccccc2)o1. The van der Waals surface area contributed by atoms with Crippen molar-refractivity contribution in [2.45, 2.75) is 91.9 Å². The summed E-state index contributed by atoms with van der Waals surface area (Å²) < 4.78 is 39.0. The minimum Gasteiger partial charge on any atom is -0.456 e. The second-order valence-corrected chi connectivity index (χ2v) is 25.9. The van der Waals surface area contributed by atoms with Gasteiger partial charge in [-0.25, -0.2) is 0 Å². The monoisotopic (exact) mass is 1580 g/mol. The summed E-state index contributed by atoms with van der Waals surface area (Å²) in [6, 6.07) is 61.2. The first-order valence-corrected chi connectivity index (χ1v) is 37.1. The number of aromatic nitrogens is 13. The molecule has 7 heterocycles. The average Bonchev–Trinajstić information content (AvgIpc) is 1.74. The lowest BCUT2D eigenvalue weighted by molar-refractivity contribution is 0.424. The molecule has 0 radical (unpaired) electrons. The molecule has 117 heavy (non-hydrogen) atoms. The Hall–Kier alpha value is -12.5. The number of ether oxygens (including phenoxy) is 1. The van der Waals surface area contributed by atoms with Gasteiger partial charge < -0.3 is 91.5 Å². The van der Waals surface area contributed by atoms with Gasteiger partial charge in [0.15, 0.2) is 0 Å². The lowest BCUT2D eigenvalue weighted by atomic mass is 9.77. The summed E-state index contributed by atoms with van der Waals surface area (Å²) in [6.45, 7) is 10.1. The fourth-order valence-corrected chi connectivity index (χ4v) is 11.0. The number of benzene rings is 8. The second-order valence-electron chi connectivity index (χ2n) is 25.9. The van der Waals surface area contributed by atoms with Crippen LogP contribution in [-0.4, -0.2) is 169 Å². The zero-order valence-electron chi connectivity index (χ0n) is 64.1. The summed E-state index contributed by atoms with van der Waals surface area (Å²) in [5.74, 6) is 5.97. The van der Waals surface area contributed by atoms with Gasteiger partial charge in [0.1, 0.15) is 11.5 Å². The smallest absolute Gasteiger partial charge is 0.456 e. The van der Waals surface area contributed by atoms with Crippen molar-refractivity contribution in [1.82, 2.24) is 66.2 Å². The van der Waals surface area contributed by atoms with Gasteiger partial charge in [-0.15, -0.1) is 61.2 Å². The maximum absolute atomic E-state index is 9.57. The van der Waals surface area contributed by atoms with E-state index in [-0.39, 0.29) is 23.2 Å². The lowest BCUT2D eigenvalue weighted by Crippen LogP contribution is -2.31. The number of aryl methyl sites for hydroxylation is 3. The highest BCUT2D eigenvalue weighted by atomic mass is 16.5. The quantitative estimate of drug-likeness (QED) is 0.0238. The van der Waals surface area contributed by atoms with Crippen LogP contribution in [0.15, 0.2) is 251 Å². The molecule has 0 unspecified atom stereocenters. The Balaban J connectivity index is 0.000000149. The van der Waals surface area contributed by atoms with E-state index in [0.717, 1.165) is 56.1 Å². The Morgan fingerprint density at radius 2 is 0.675 bits per heavy atom. The van der Waals surface area contributed by atoms with Gasteiger partial charge in [0.25, 0.3) is 0 Å². The Kier molecular flexibility index (Phi) is 32.5. The first-order valence-electron chi connectivity index (χ1n) is 37.1. The van der Waals surface area contributed by atoms with Gasteiger partial charge in [-0.2, -0.15) is 0 Å². The molecule has 0 atom stereocenters. The van der Waals surface area contributed by atoms with E-state index in [4.69, 9.17) is 41.3 Å². The molecular formula is C79H81B6N13O19. The van der Waals surface area contributed by atoms with Crippen molar-refractivity contribution in [2.24, 2.45) is 0 Å². The van der Waals surface area contributed by atoms with E-state index in [0.29, 0.717) is 138 Å². The standard InChI is InChI=1S/C16H16BN3O4.2C14H11BN2O3.C13H17BN2O3.2C11H13BN2O3/c1-2-4-15-19-20-16(24-15)13-9-11(6-7-14(13)17(21)22)23-12-5-3-8-18-10-12;18-15(19)12-9-5-4-8-11(12)14-17-16-13(20-14)10-6-2-1-3-7-10;18-15(19)12-8-4-7-11(9-12)14-17-16-13(20-14)10-5-2-1-3-6-10;1-2-3-4-9-12-15-16-13(19-12)10-7-5-6-8-11(10)14(17)18;1-7(2)10-13-14-11(17-10)8-5-3-4-6-9(8)12(15)16;1-2-5-10-13-14-11(17-10)8-6-3-4-7-9(8)12(15)16/h3,5-10,21-22H,2,4H2,1H3;2*1-9,18-19H;5-8,17-18H,2-4,9H2,1H3;3-7,15-16H,1-2H3;3-4,6-7,15-16H,2,5H2,1H3. The van der Waals surface area contributed by atoms with Crippen LogP contribution in [0.2, 0.25) is 0 Å². The average molecular weight is 1580 g/mol. The van der Waals surface area contributed by atoms with Crippen molar-refractivity contribution >= 4 is 75.5 Å². The maximum atomic E-state index is 9.57. The van der Waals surface area contributed by atoms with Crippen molar-refractivity contribution in [3.05, 3.63) is 248 Å². The van der Waals surface area contributed by atoms with Crippen LogP contribution >= 0.6 is 0 Å². The zero-order chi connectivity index (χ0) is 83.2. The van der Waals surface area contributed by atoms with Crippen LogP contribution in [0.4, 0.5) is 0 Å². The fraction of sp³-hybridized carbons (Fsp3) is 0.177. The van der Waals surface area contributed by atoms with Gasteiger partial charge in [-0.05, 0) is 137 Å². The first kappa shape index (κ1) is 86.9. The molecule has 0 aliphatic carbocycles. The molecule has 38 heteroatoms. The van der Waals surface area contributed by atoms with Crippen molar-refractivity contribution in [3.63, 3.8) is 0 Å². The first-order chi connectivity index (χ1) is 56.7. The number of hydrogen-bond donors (Lipinski definition) is 12. The third kappa shape index (κ3) is 24.7. The van der Waals surface area contributed by atoms with Crippen LogP contribution < -0.4 is 37.5 Å². The van der Waals surface area contributed by atoms with Crippen molar-refractivity contribution in [3.8, 4) is 103 Å². The van der Waals surface area contributed by atoms with E-state index in [1.165, 1.54) is 0 Å². The molecule has 0 saturated carbocycles. The Morgan fingerprint density at radius 3 is 1.09 bits per heavy atom. The molecule has 0 saturated heterocycles. The van der Waals surface area contributed by atoms with Gasteiger partial charge in [0.2, 0.25) is 70.7 Å². The molecule has 12 N–H and O–H groups in total. The molecule has 0 amide bonds. The van der Waals surface area contributed by atoms with E-state index in [1.807, 2.05) is 88.4 Å². The van der Waals surface area contributed by atoms with Crippen LogP contribution in [-0.2, 0) is 19.3 Å². The van der Waals surface area contributed by atoms with Crippen LogP contribution in [0.3, 0.4) is 0 Å². The van der Waals surface area contributed by atoms with E-state index >= 15 is 0 Å². The molecule has 0 bridgehead atoms. The molecule has 0 fully saturated rings. The molecule has 0 aliphatic rings. The summed E-state index contributed by atoms with van der Waals surface area (Å²) in [4.78, 5) is 3.99. The number of nitrogens with zero attached hydrogens (tertiary/aromatic N) is 13. The van der Waals surface area contributed by atoms with Crippen LogP contribution in [0.1, 0.15) is 96.2 Å². The van der Waals surface area contributed by atoms with Gasteiger partial charge in [0.05, 0.1) is 6.20 Å². The summed E-state index contributed by atoms with van der Waals surface area (Å²) in [7, 11) is -9.42. The molecule has 7 aromatic heterocycles. The molecule has 0 aliphatic heterocycles. The normalized spacial score (nSPS) is 10.6. The lowest BCUT2D eigenvalue weighted by Gasteiger charge is -2.09. The predicted octanol–water partition coefficient (Wildman–Crippen LogP) is 5.78. The molecule has 594 valence electrons. The van der Waals surface area contributed by atoms with Crippen molar-refractivity contribution in [1.29, 1.82) is 0 Å². The highest BCUT2D eigenvalue weighted by Crippen LogP contribution is 2.29. The number of unbranched alkanes of at least 4 members (excludes halogenated alkanes) is 2. The summed E-state index contributed by atoms with van der Waals surface area (Å²) in [5, 5.41) is 159. The molecule has 15 aromatic rings. The third-order valence-corrected chi connectivity index (χ3v) is 16.9. The van der Waals surface area contributed by atoms with E-state index in [1.54, 1.807) is 164 Å². The zero-order valence-corrected chi connectivity index (χ0v) is 64.1. The van der Waals surface area contributed by atoms with Crippen molar-refractivity contribution in [2.75, 3.05) is 0 Å². The largest absolute Gasteiger partial charge is 0.489 e. The van der Waals surface area contributed by atoms with Gasteiger partial charge in [0, 0.05) is 75.9 Å². The fourth-order valence-electron chi connectivity index (χ4n) is 11.0. The summed E-state index contributed by atoms with van der Waals surface area (Å²) >= 11 is 0. The maximum Gasteiger partial charge on any atom is 0.489 e. The second kappa shape index (κ2) is 43.8. The van der Waals surface area contributed by atoms with Crippen LogP contribution in [0.25, 0.3) is 91.6 Å². The molecule has 15 rings (SSSR count). The minimum atomic E-state index is -1.66. The number of pyridine rings is 1. The van der Waals surface area contributed by atoms with Crippen LogP contribution in [0, 0.1) is 0 Å². The van der Waals surface area contributed by atoms with Crippen molar-refractivity contribution < 1.29 is 91.5 Å². The predicted molar refractivity (Wildman–Crippen MR) is 438 cm³/mol. The summed E-state index contributed by atoms with van der Waals surface area (Å²) in [5.41, 5.74) is 6.93. The highest BCUT2D eigenvalue weighted by molar-refractivity contribution is 6.62. The van der Waals surface area contributed by atoms with E-state index < -0.39 is 42.7 Å². The third-order valence-electron chi connectivity index (χ3n) is 16.9. The van der Waals surface area contributed by atoms with E-state index in [9.17, 15) is 50.2 Å². The Morgan fingerprint density at radius 1 is 0.299 bits per heavy atom. The van der Waals surface area contributed by atoms with Crippen LogP contribution in [0.5, 0.6) is 11.5 Å². The Labute approximate surface area is 673 Å². The van der Waals surface area contributed by atoms with Gasteiger partial charge in [-0.3, -0.25) is 4.98 Å². The van der Waals surface area contributed by atoms with Gasteiger partial charge in [-0.1, -0.05) is 175 Å². The highest BCUT2D eigenvalue weighted by Gasteiger charge is 2.27. The molecule has 8 aromatic carbocycles. The van der Waals surface area contributed by atoms with E-state index in [2.05, 4.69) is 73.1 Å². The Bertz CT molecular complexity index is 5490. The molecular weight excluding hydrogens is 1500 g/mol.